The number of carbonyl (C=O) groups excluding carboxylic acids is 2. The topological polar surface area (TPSA) is 40.6 Å². The van der Waals surface area contributed by atoms with Crippen LogP contribution in [0.4, 0.5) is 10.5 Å². The Morgan fingerprint density at radius 1 is 0.870 bits per heavy atom. The van der Waals surface area contributed by atoms with Crippen LogP contribution in [0.25, 0.3) is 10.8 Å². The van der Waals surface area contributed by atoms with Crippen LogP contribution in [-0.4, -0.2) is 28.9 Å². The molecule has 2 aromatic rings. The lowest BCUT2D eigenvalue weighted by Gasteiger charge is -2.45. The Kier molecular flexibility index (Phi) is 2.61. The van der Waals surface area contributed by atoms with Crippen molar-refractivity contribution in [1.29, 1.82) is 0 Å². The smallest absolute Gasteiger partial charge is 0.309 e. The molecule has 23 heavy (non-hydrogen) atoms. The summed E-state index contributed by atoms with van der Waals surface area (Å²) in [5.41, 5.74) is 0.729. The van der Waals surface area contributed by atoms with Crippen molar-refractivity contribution in [2.75, 3.05) is 4.90 Å². The molecule has 2 aromatic carbocycles. The molecular formula is C19H18N2O2. The fourth-order valence-corrected chi connectivity index (χ4v) is 4.71. The highest BCUT2D eigenvalue weighted by Crippen LogP contribution is 2.45. The standard InChI is InChI=1S/C19H18N2O2/c22-18-17-13-8-10-14(11-9-13)20(17)19(23)21(18)16-7-3-5-12-4-1-2-6-15(12)16/h1-7,13-14,17H,8-11H2/t13?,14?,17-/m1/s1. The quantitative estimate of drug-likeness (QED) is 0.756. The monoisotopic (exact) mass is 306 g/mol. The van der Waals surface area contributed by atoms with E-state index in [0.717, 1.165) is 42.1 Å². The number of carbonyl (C=O) groups is 2. The molecule has 4 fully saturated rings. The Hall–Kier alpha value is -2.36. The highest BCUT2D eigenvalue weighted by Gasteiger charge is 2.56. The number of rotatable bonds is 1. The molecule has 2 bridgehead atoms. The van der Waals surface area contributed by atoms with Gasteiger partial charge in [0.15, 0.2) is 0 Å². The molecule has 0 N–H and O–H groups in total. The van der Waals surface area contributed by atoms with E-state index in [4.69, 9.17) is 0 Å². The van der Waals surface area contributed by atoms with Gasteiger partial charge in [-0.2, -0.15) is 0 Å². The van der Waals surface area contributed by atoms with E-state index in [9.17, 15) is 9.59 Å². The zero-order chi connectivity index (χ0) is 15.6. The number of anilines is 1. The van der Waals surface area contributed by atoms with E-state index in [0.29, 0.717) is 5.92 Å². The van der Waals surface area contributed by atoms with Crippen LogP contribution in [0.5, 0.6) is 0 Å². The summed E-state index contributed by atoms with van der Waals surface area (Å²) >= 11 is 0. The minimum atomic E-state index is -0.228. The number of benzene rings is 2. The van der Waals surface area contributed by atoms with Crippen molar-refractivity contribution in [3.8, 4) is 0 Å². The number of piperidine rings is 2. The molecule has 0 spiro atoms. The van der Waals surface area contributed by atoms with E-state index in [1.807, 2.05) is 47.4 Å². The maximum absolute atomic E-state index is 13.0. The Morgan fingerprint density at radius 3 is 2.39 bits per heavy atom. The lowest BCUT2D eigenvalue weighted by Crippen LogP contribution is -2.54. The molecule has 4 aliphatic rings. The van der Waals surface area contributed by atoms with Crippen LogP contribution in [0.2, 0.25) is 0 Å². The SMILES string of the molecule is O=C1[C@H]2C3CCC(CC3)N2C(=O)N1c1cccc2ccccc12. The van der Waals surface area contributed by atoms with E-state index in [1.54, 1.807) is 0 Å². The molecule has 0 radical (unpaired) electrons. The summed E-state index contributed by atoms with van der Waals surface area (Å²) in [6, 6.07) is 13.7. The fraction of sp³-hybridized carbons (Fsp3) is 0.368. The van der Waals surface area contributed by atoms with Crippen LogP contribution >= 0.6 is 0 Å². The van der Waals surface area contributed by atoms with Gasteiger partial charge in [0, 0.05) is 11.4 Å². The largest absolute Gasteiger partial charge is 0.332 e. The van der Waals surface area contributed by atoms with E-state index in [1.165, 1.54) is 4.90 Å². The Morgan fingerprint density at radius 2 is 1.61 bits per heavy atom. The van der Waals surface area contributed by atoms with E-state index in [2.05, 4.69) is 0 Å². The second-order valence-electron chi connectivity index (χ2n) is 6.88. The van der Waals surface area contributed by atoms with Crippen LogP contribution in [0, 0.1) is 5.92 Å². The molecule has 116 valence electrons. The predicted molar refractivity (Wildman–Crippen MR) is 88.2 cm³/mol. The third-order valence-corrected chi connectivity index (χ3v) is 5.77. The maximum Gasteiger partial charge on any atom is 0.332 e. The van der Waals surface area contributed by atoms with Crippen LogP contribution in [-0.2, 0) is 4.79 Å². The van der Waals surface area contributed by atoms with E-state index in [-0.39, 0.29) is 24.0 Å². The molecule has 1 aliphatic carbocycles. The summed E-state index contributed by atoms with van der Waals surface area (Å²) in [6.07, 6.45) is 4.25. The first-order valence-corrected chi connectivity index (χ1v) is 8.40. The first-order valence-electron chi connectivity index (χ1n) is 8.40. The van der Waals surface area contributed by atoms with Gasteiger partial charge in [0.25, 0.3) is 5.91 Å². The van der Waals surface area contributed by atoms with Crippen LogP contribution in [0.3, 0.4) is 0 Å². The normalized spacial score (nSPS) is 29.5. The zero-order valence-corrected chi connectivity index (χ0v) is 12.8. The molecular weight excluding hydrogens is 288 g/mol. The zero-order valence-electron chi connectivity index (χ0n) is 12.8. The molecule has 4 nitrogen and oxygen atoms in total. The van der Waals surface area contributed by atoms with Crippen molar-refractivity contribution in [3.63, 3.8) is 0 Å². The Labute approximate surface area is 134 Å². The molecule has 3 saturated heterocycles. The van der Waals surface area contributed by atoms with Gasteiger partial charge in [-0.15, -0.1) is 0 Å². The van der Waals surface area contributed by atoms with Crippen molar-refractivity contribution in [2.45, 2.75) is 37.8 Å². The number of amides is 3. The first-order chi connectivity index (χ1) is 11.3. The van der Waals surface area contributed by atoms with Crippen LogP contribution in [0.15, 0.2) is 42.5 Å². The van der Waals surface area contributed by atoms with Crippen molar-refractivity contribution in [3.05, 3.63) is 42.5 Å². The van der Waals surface area contributed by atoms with Crippen molar-refractivity contribution >= 4 is 28.4 Å². The highest BCUT2D eigenvalue weighted by molar-refractivity contribution is 6.24. The second-order valence-corrected chi connectivity index (χ2v) is 6.88. The van der Waals surface area contributed by atoms with Crippen LogP contribution in [0.1, 0.15) is 25.7 Å². The highest BCUT2D eigenvalue weighted by atomic mass is 16.2. The minimum absolute atomic E-state index is 0.0271. The summed E-state index contributed by atoms with van der Waals surface area (Å²) in [5.74, 6) is 0.317. The van der Waals surface area contributed by atoms with Gasteiger partial charge in [0.05, 0.1) is 5.69 Å². The minimum Gasteiger partial charge on any atom is -0.309 e. The van der Waals surface area contributed by atoms with Gasteiger partial charge in [-0.05, 0) is 43.1 Å². The summed E-state index contributed by atoms with van der Waals surface area (Å²) in [5, 5.41) is 2.02. The van der Waals surface area contributed by atoms with Gasteiger partial charge in [-0.25, -0.2) is 9.69 Å². The number of hydrogen-bond donors (Lipinski definition) is 0. The van der Waals surface area contributed by atoms with Gasteiger partial charge in [-0.1, -0.05) is 36.4 Å². The third-order valence-electron chi connectivity index (χ3n) is 5.77. The van der Waals surface area contributed by atoms with Crippen molar-refractivity contribution in [1.82, 2.24) is 4.90 Å². The van der Waals surface area contributed by atoms with E-state index >= 15 is 0 Å². The first kappa shape index (κ1) is 13.1. The van der Waals surface area contributed by atoms with Crippen molar-refractivity contribution < 1.29 is 9.59 Å². The molecule has 0 aromatic heterocycles. The Balaban J connectivity index is 1.66. The van der Waals surface area contributed by atoms with Gasteiger partial charge < -0.3 is 4.90 Å². The second kappa shape index (κ2) is 4.57. The van der Waals surface area contributed by atoms with Crippen LogP contribution < -0.4 is 4.90 Å². The van der Waals surface area contributed by atoms with Gasteiger partial charge in [0.1, 0.15) is 6.04 Å². The molecule has 3 amide bonds. The van der Waals surface area contributed by atoms with E-state index < -0.39 is 0 Å². The lowest BCUT2D eigenvalue weighted by molar-refractivity contribution is -0.124. The summed E-state index contributed by atoms with van der Waals surface area (Å²) in [7, 11) is 0. The summed E-state index contributed by atoms with van der Waals surface area (Å²) in [6.45, 7) is 0. The summed E-state index contributed by atoms with van der Waals surface area (Å²) < 4.78 is 0. The average molecular weight is 306 g/mol. The van der Waals surface area contributed by atoms with Gasteiger partial charge in [-0.3, -0.25) is 4.79 Å². The van der Waals surface area contributed by atoms with Gasteiger partial charge >= 0.3 is 6.03 Å². The molecule has 4 heteroatoms. The number of nitrogens with zero attached hydrogens (tertiary/aromatic N) is 2. The Bertz CT molecular complexity index is 788. The van der Waals surface area contributed by atoms with Gasteiger partial charge in [0.2, 0.25) is 0 Å². The molecule has 3 heterocycles. The number of imide groups is 1. The lowest BCUT2D eigenvalue weighted by atomic mass is 9.75. The predicted octanol–water partition coefficient (Wildman–Crippen LogP) is 3.55. The summed E-state index contributed by atoms with van der Waals surface area (Å²) in [4.78, 5) is 29.4. The molecule has 3 aliphatic heterocycles. The average Bonchev–Trinajstić information content (AvgIpc) is 2.89. The molecule has 1 saturated carbocycles. The molecule has 0 unspecified atom stereocenters. The third kappa shape index (κ3) is 1.66. The fourth-order valence-electron chi connectivity index (χ4n) is 4.71. The maximum atomic E-state index is 13.0. The molecule has 1 atom stereocenters. The number of fused-ring (bicyclic) bond motifs is 3. The number of hydrogen-bond acceptors (Lipinski definition) is 2. The van der Waals surface area contributed by atoms with Crippen molar-refractivity contribution in [2.24, 2.45) is 5.92 Å². The molecule has 6 rings (SSSR count). The number of urea groups is 1.